The minimum atomic E-state index is -1.23. The average Bonchev–Trinajstić information content (AvgIpc) is 2.38. The Bertz CT molecular complexity index is 542. The highest BCUT2D eigenvalue weighted by atomic mass is 19.1. The molecule has 0 fully saturated rings. The quantitative estimate of drug-likeness (QED) is 0.905. The largest absolute Gasteiger partial charge is 0.379 e. The van der Waals surface area contributed by atoms with Crippen LogP contribution < -0.4 is 0 Å². The molecule has 0 amide bonds. The van der Waals surface area contributed by atoms with Gasteiger partial charge < -0.3 is 5.11 Å². The summed E-state index contributed by atoms with van der Waals surface area (Å²) in [5, 5.41) is 10.8. The highest BCUT2D eigenvalue weighted by molar-refractivity contribution is 5.32. The molecule has 1 N–H and O–H groups in total. The summed E-state index contributed by atoms with van der Waals surface area (Å²) in [4.78, 5) is 8.05. The summed E-state index contributed by atoms with van der Waals surface area (Å²) < 4.78 is 12.9. The van der Waals surface area contributed by atoms with Crippen molar-refractivity contribution < 1.29 is 9.50 Å². The Kier molecular flexibility index (Phi) is 3.39. The number of halogens is 1. The van der Waals surface area contributed by atoms with Crippen molar-refractivity contribution in [3.63, 3.8) is 0 Å². The Balaban J connectivity index is 2.51. The van der Waals surface area contributed by atoms with Crippen LogP contribution in [0.5, 0.6) is 0 Å². The third-order valence-electron chi connectivity index (χ3n) is 3.02. The van der Waals surface area contributed by atoms with Gasteiger partial charge in [0.25, 0.3) is 0 Å². The van der Waals surface area contributed by atoms with Gasteiger partial charge in [0.1, 0.15) is 11.4 Å². The maximum Gasteiger partial charge on any atom is 0.141 e. The second-order valence-electron chi connectivity index (χ2n) is 4.33. The molecule has 1 atom stereocenters. The summed E-state index contributed by atoms with van der Waals surface area (Å²) >= 11 is 0. The van der Waals surface area contributed by atoms with Gasteiger partial charge in [-0.05, 0) is 37.1 Å². The first kappa shape index (κ1) is 12.6. The van der Waals surface area contributed by atoms with E-state index in [0.717, 1.165) is 11.8 Å². The SMILES string of the molecule is CCC(O)(c1cncc(C)c1)c1ccc(F)cn1. The molecule has 1 unspecified atom stereocenters. The van der Waals surface area contributed by atoms with Crippen molar-refractivity contribution in [1.82, 2.24) is 9.97 Å². The fraction of sp³-hybridized carbons (Fsp3) is 0.286. The third-order valence-corrected chi connectivity index (χ3v) is 3.02. The summed E-state index contributed by atoms with van der Waals surface area (Å²) in [6, 6.07) is 4.66. The zero-order valence-electron chi connectivity index (χ0n) is 10.4. The summed E-state index contributed by atoms with van der Waals surface area (Å²) in [5.74, 6) is -0.417. The Morgan fingerprint density at radius 3 is 2.61 bits per heavy atom. The van der Waals surface area contributed by atoms with Crippen LogP contribution in [0.1, 0.15) is 30.2 Å². The van der Waals surface area contributed by atoms with Crippen LogP contribution in [0.25, 0.3) is 0 Å². The van der Waals surface area contributed by atoms with E-state index in [1.54, 1.807) is 12.4 Å². The number of rotatable bonds is 3. The molecule has 0 aliphatic carbocycles. The van der Waals surface area contributed by atoms with E-state index >= 15 is 0 Å². The average molecular weight is 246 g/mol. The smallest absolute Gasteiger partial charge is 0.141 e. The van der Waals surface area contributed by atoms with Gasteiger partial charge in [-0.2, -0.15) is 0 Å². The van der Waals surface area contributed by atoms with E-state index in [1.807, 2.05) is 19.9 Å². The molecule has 3 nitrogen and oxygen atoms in total. The lowest BCUT2D eigenvalue weighted by atomic mass is 9.88. The highest BCUT2D eigenvalue weighted by Gasteiger charge is 2.31. The maximum atomic E-state index is 12.9. The second-order valence-corrected chi connectivity index (χ2v) is 4.33. The molecule has 0 aliphatic heterocycles. The number of aliphatic hydroxyl groups is 1. The van der Waals surface area contributed by atoms with E-state index < -0.39 is 11.4 Å². The molecule has 4 heteroatoms. The van der Waals surface area contributed by atoms with Crippen LogP contribution >= 0.6 is 0 Å². The van der Waals surface area contributed by atoms with Gasteiger partial charge >= 0.3 is 0 Å². The molecule has 2 aromatic heterocycles. The molecule has 0 saturated heterocycles. The van der Waals surface area contributed by atoms with Gasteiger partial charge in [0.05, 0.1) is 11.9 Å². The van der Waals surface area contributed by atoms with E-state index in [2.05, 4.69) is 9.97 Å². The minimum Gasteiger partial charge on any atom is -0.379 e. The predicted molar refractivity (Wildman–Crippen MR) is 66.5 cm³/mol. The normalized spacial score (nSPS) is 14.2. The first-order valence-corrected chi connectivity index (χ1v) is 5.83. The van der Waals surface area contributed by atoms with Crippen molar-refractivity contribution in [2.75, 3.05) is 0 Å². The molecule has 0 saturated carbocycles. The van der Waals surface area contributed by atoms with Crippen molar-refractivity contribution in [2.24, 2.45) is 0 Å². The van der Waals surface area contributed by atoms with Gasteiger partial charge in [-0.3, -0.25) is 9.97 Å². The van der Waals surface area contributed by atoms with Crippen LogP contribution in [0.3, 0.4) is 0 Å². The lowest BCUT2D eigenvalue weighted by Gasteiger charge is -2.26. The first-order valence-electron chi connectivity index (χ1n) is 5.83. The van der Waals surface area contributed by atoms with E-state index in [0.29, 0.717) is 17.7 Å². The standard InChI is InChI=1S/C14H15FN2O/c1-3-14(18,11-6-10(2)7-16-8-11)13-5-4-12(15)9-17-13/h4-9,18H,3H2,1-2H3. The Hall–Kier alpha value is -1.81. The number of hydrogen-bond donors (Lipinski definition) is 1. The molecule has 0 radical (unpaired) electrons. The molecule has 0 aromatic carbocycles. The topological polar surface area (TPSA) is 46.0 Å². The maximum absolute atomic E-state index is 12.9. The Morgan fingerprint density at radius 2 is 2.06 bits per heavy atom. The number of aromatic nitrogens is 2. The number of pyridine rings is 2. The van der Waals surface area contributed by atoms with Gasteiger partial charge in [-0.1, -0.05) is 6.92 Å². The minimum absolute atomic E-state index is 0.417. The molecule has 0 spiro atoms. The zero-order valence-corrected chi connectivity index (χ0v) is 10.4. The molecule has 94 valence electrons. The van der Waals surface area contributed by atoms with Crippen LogP contribution in [-0.2, 0) is 5.60 Å². The zero-order chi connectivity index (χ0) is 13.2. The molecular weight excluding hydrogens is 231 g/mol. The van der Waals surface area contributed by atoms with Crippen LogP contribution in [0, 0.1) is 12.7 Å². The Labute approximate surface area is 105 Å². The third kappa shape index (κ3) is 2.24. The van der Waals surface area contributed by atoms with Gasteiger partial charge in [-0.15, -0.1) is 0 Å². The van der Waals surface area contributed by atoms with E-state index in [-0.39, 0.29) is 0 Å². The lowest BCUT2D eigenvalue weighted by molar-refractivity contribution is 0.0713. The molecule has 0 bridgehead atoms. The van der Waals surface area contributed by atoms with Gasteiger partial charge in [-0.25, -0.2) is 4.39 Å². The van der Waals surface area contributed by atoms with Crippen molar-refractivity contribution >= 4 is 0 Å². The molecule has 18 heavy (non-hydrogen) atoms. The van der Waals surface area contributed by atoms with Crippen LogP contribution in [-0.4, -0.2) is 15.1 Å². The van der Waals surface area contributed by atoms with Gasteiger partial charge in [0, 0.05) is 18.0 Å². The first-order chi connectivity index (χ1) is 8.56. The monoisotopic (exact) mass is 246 g/mol. The summed E-state index contributed by atoms with van der Waals surface area (Å²) in [6.07, 6.45) is 4.88. The van der Waals surface area contributed by atoms with Crippen molar-refractivity contribution in [2.45, 2.75) is 25.9 Å². The number of hydrogen-bond acceptors (Lipinski definition) is 3. The number of nitrogens with zero attached hydrogens (tertiary/aromatic N) is 2. The van der Waals surface area contributed by atoms with E-state index in [4.69, 9.17) is 0 Å². The van der Waals surface area contributed by atoms with Crippen LogP contribution in [0.2, 0.25) is 0 Å². The lowest BCUT2D eigenvalue weighted by Crippen LogP contribution is -2.27. The number of aryl methyl sites for hydroxylation is 1. The van der Waals surface area contributed by atoms with Crippen LogP contribution in [0.4, 0.5) is 4.39 Å². The van der Waals surface area contributed by atoms with E-state index in [9.17, 15) is 9.50 Å². The van der Waals surface area contributed by atoms with Crippen molar-refractivity contribution in [1.29, 1.82) is 0 Å². The fourth-order valence-electron chi connectivity index (χ4n) is 1.93. The summed E-state index contributed by atoms with van der Waals surface area (Å²) in [6.45, 7) is 3.76. The second kappa shape index (κ2) is 4.82. The van der Waals surface area contributed by atoms with E-state index in [1.165, 1.54) is 12.1 Å². The molecule has 0 aliphatic rings. The Morgan fingerprint density at radius 1 is 1.28 bits per heavy atom. The molecule has 2 heterocycles. The highest BCUT2D eigenvalue weighted by Crippen LogP contribution is 2.31. The fourth-order valence-corrected chi connectivity index (χ4v) is 1.93. The summed E-state index contributed by atoms with van der Waals surface area (Å²) in [5.41, 5.74) is 0.830. The van der Waals surface area contributed by atoms with Gasteiger partial charge in [0.2, 0.25) is 0 Å². The van der Waals surface area contributed by atoms with Crippen LogP contribution in [0.15, 0.2) is 36.8 Å². The van der Waals surface area contributed by atoms with Crippen molar-refractivity contribution in [3.05, 3.63) is 59.4 Å². The molecule has 2 rings (SSSR count). The summed E-state index contributed by atoms with van der Waals surface area (Å²) in [7, 11) is 0. The molecular formula is C14H15FN2O. The van der Waals surface area contributed by atoms with Gasteiger partial charge in [0.15, 0.2) is 0 Å². The molecule has 2 aromatic rings. The predicted octanol–water partition coefficient (Wildman–Crippen LogP) is 2.57. The van der Waals surface area contributed by atoms with Crippen molar-refractivity contribution in [3.8, 4) is 0 Å².